The first-order valence-corrected chi connectivity index (χ1v) is 7.23. The SMILES string of the molecule is O=C(O)CN(Cc1cccc(C2CC2)c1)CC1CC1. The molecular weight excluding hydrogens is 238 g/mol. The van der Waals surface area contributed by atoms with Gasteiger partial charge < -0.3 is 5.11 Å². The molecule has 2 fully saturated rings. The van der Waals surface area contributed by atoms with E-state index in [-0.39, 0.29) is 6.54 Å². The lowest BCUT2D eigenvalue weighted by atomic mass is 10.1. The van der Waals surface area contributed by atoms with E-state index < -0.39 is 5.97 Å². The smallest absolute Gasteiger partial charge is 0.317 e. The molecule has 1 aromatic rings. The first-order chi connectivity index (χ1) is 9.20. The molecule has 0 aliphatic heterocycles. The van der Waals surface area contributed by atoms with Crippen molar-refractivity contribution in [1.82, 2.24) is 4.90 Å². The Hall–Kier alpha value is -1.35. The predicted octanol–water partition coefficient (Wildman–Crippen LogP) is 2.86. The van der Waals surface area contributed by atoms with Gasteiger partial charge in [-0.3, -0.25) is 9.69 Å². The van der Waals surface area contributed by atoms with Gasteiger partial charge in [-0.05, 0) is 48.6 Å². The summed E-state index contributed by atoms with van der Waals surface area (Å²) in [4.78, 5) is 13.0. The van der Waals surface area contributed by atoms with Crippen molar-refractivity contribution in [3.05, 3.63) is 35.4 Å². The molecule has 3 rings (SSSR count). The third-order valence-corrected chi connectivity index (χ3v) is 3.98. The average molecular weight is 259 g/mol. The van der Waals surface area contributed by atoms with Crippen molar-refractivity contribution in [3.8, 4) is 0 Å². The Balaban J connectivity index is 1.65. The molecular formula is C16H21NO2. The predicted molar refractivity (Wildman–Crippen MR) is 74.1 cm³/mol. The molecule has 1 N–H and O–H groups in total. The fourth-order valence-corrected chi connectivity index (χ4v) is 2.66. The van der Waals surface area contributed by atoms with Crippen LogP contribution in [-0.4, -0.2) is 29.1 Å². The van der Waals surface area contributed by atoms with Crippen LogP contribution in [0.4, 0.5) is 0 Å². The number of hydrogen-bond donors (Lipinski definition) is 1. The highest BCUT2D eigenvalue weighted by molar-refractivity contribution is 5.69. The molecule has 0 spiro atoms. The van der Waals surface area contributed by atoms with Gasteiger partial charge in [0.2, 0.25) is 0 Å². The summed E-state index contributed by atoms with van der Waals surface area (Å²) in [5, 5.41) is 9.01. The second-order valence-electron chi connectivity index (χ2n) is 6.03. The summed E-state index contributed by atoms with van der Waals surface area (Å²) >= 11 is 0. The zero-order valence-electron chi connectivity index (χ0n) is 11.2. The Morgan fingerprint density at radius 3 is 2.68 bits per heavy atom. The second kappa shape index (κ2) is 5.33. The van der Waals surface area contributed by atoms with Crippen molar-refractivity contribution < 1.29 is 9.90 Å². The van der Waals surface area contributed by atoms with Crippen LogP contribution in [0.2, 0.25) is 0 Å². The van der Waals surface area contributed by atoms with Crippen molar-refractivity contribution in [3.63, 3.8) is 0 Å². The molecule has 2 saturated carbocycles. The van der Waals surface area contributed by atoms with Gasteiger partial charge in [0, 0.05) is 13.1 Å². The summed E-state index contributed by atoms with van der Waals surface area (Å²) < 4.78 is 0. The fourth-order valence-electron chi connectivity index (χ4n) is 2.66. The maximum atomic E-state index is 10.9. The minimum absolute atomic E-state index is 0.157. The Labute approximate surface area is 114 Å². The Morgan fingerprint density at radius 2 is 2.05 bits per heavy atom. The second-order valence-corrected chi connectivity index (χ2v) is 6.03. The normalized spacial score (nSPS) is 18.8. The molecule has 0 atom stereocenters. The summed E-state index contributed by atoms with van der Waals surface area (Å²) in [5.41, 5.74) is 2.69. The number of carboxylic acid groups (broad SMARTS) is 1. The highest BCUT2D eigenvalue weighted by atomic mass is 16.4. The highest BCUT2D eigenvalue weighted by Gasteiger charge is 2.26. The van der Waals surface area contributed by atoms with Gasteiger partial charge in [-0.15, -0.1) is 0 Å². The van der Waals surface area contributed by atoms with Crippen LogP contribution in [-0.2, 0) is 11.3 Å². The Bertz CT molecular complexity index is 464. The molecule has 3 heteroatoms. The van der Waals surface area contributed by atoms with Gasteiger partial charge in [0.25, 0.3) is 0 Å². The van der Waals surface area contributed by atoms with E-state index in [0.29, 0.717) is 0 Å². The molecule has 0 heterocycles. The van der Waals surface area contributed by atoms with Crippen LogP contribution >= 0.6 is 0 Å². The summed E-state index contributed by atoms with van der Waals surface area (Å²) in [6, 6.07) is 8.69. The van der Waals surface area contributed by atoms with Crippen LogP contribution in [0.15, 0.2) is 24.3 Å². The maximum absolute atomic E-state index is 10.9. The van der Waals surface area contributed by atoms with Gasteiger partial charge >= 0.3 is 5.97 Å². The summed E-state index contributed by atoms with van der Waals surface area (Å²) in [5.74, 6) is 0.765. The van der Waals surface area contributed by atoms with E-state index in [1.807, 2.05) is 0 Å². The lowest BCUT2D eigenvalue weighted by Crippen LogP contribution is -2.31. The maximum Gasteiger partial charge on any atom is 0.317 e. The van der Waals surface area contributed by atoms with Crippen molar-refractivity contribution in [2.45, 2.75) is 38.1 Å². The molecule has 3 nitrogen and oxygen atoms in total. The van der Waals surface area contributed by atoms with Crippen LogP contribution < -0.4 is 0 Å². The molecule has 0 unspecified atom stereocenters. The van der Waals surface area contributed by atoms with E-state index in [1.165, 1.54) is 36.8 Å². The molecule has 2 aliphatic carbocycles. The minimum atomic E-state index is -0.723. The van der Waals surface area contributed by atoms with Gasteiger partial charge in [-0.25, -0.2) is 0 Å². The lowest BCUT2D eigenvalue weighted by molar-refractivity contribution is -0.138. The number of carbonyl (C=O) groups is 1. The number of nitrogens with zero attached hydrogens (tertiary/aromatic N) is 1. The minimum Gasteiger partial charge on any atom is -0.480 e. The molecule has 102 valence electrons. The molecule has 1 aromatic carbocycles. The van der Waals surface area contributed by atoms with Crippen LogP contribution in [0.1, 0.15) is 42.7 Å². The third kappa shape index (κ3) is 3.80. The van der Waals surface area contributed by atoms with Gasteiger partial charge in [-0.1, -0.05) is 24.3 Å². The first-order valence-electron chi connectivity index (χ1n) is 7.23. The van der Waals surface area contributed by atoms with E-state index >= 15 is 0 Å². The lowest BCUT2D eigenvalue weighted by Gasteiger charge is -2.20. The van der Waals surface area contributed by atoms with E-state index in [2.05, 4.69) is 29.2 Å². The third-order valence-electron chi connectivity index (χ3n) is 3.98. The van der Waals surface area contributed by atoms with Crippen molar-refractivity contribution in [1.29, 1.82) is 0 Å². The van der Waals surface area contributed by atoms with Crippen LogP contribution in [0, 0.1) is 5.92 Å². The van der Waals surface area contributed by atoms with E-state index in [0.717, 1.165) is 24.9 Å². The first kappa shape index (κ1) is 12.7. The topological polar surface area (TPSA) is 40.5 Å². The standard InChI is InChI=1S/C16H21NO2/c18-16(19)11-17(9-12-4-5-12)10-13-2-1-3-15(8-13)14-6-7-14/h1-3,8,12,14H,4-7,9-11H2,(H,18,19). The van der Waals surface area contributed by atoms with Gasteiger partial charge in [0.05, 0.1) is 6.54 Å². The Kier molecular flexibility index (Phi) is 3.56. The average Bonchev–Trinajstić information content (AvgIpc) is 3.23. The summed E-state index contributed by atoms with van der Waals surface area (Å²) in [7, 11) is 0. The monoisotopic (exact) mass is 259 g/mol. The zero-order chi connectivity index (χ0) is 13.2. The quantitative estimate of drug-likeness (QED) is 0.818. The van der Waals surface area contributed by atoms with E-state index in [1.54, 1.807) is 0 Å². The highest BCUT2D eigenvalue weighted by Crippen LogP contribution is 2.40. The molecule has 0 amide bonds. The van der Waals surface area contributed by atoms with E-state index in [9.17, 15) is 4.79 Å². The number of aliphatic carboxylic acids is 1. The molecule has 0 radical (unpaired) electrons. The van der Waals surface area contributed by atoms with Crippen LogP contribution in [0.25, 0.3) is 0 Å². The number of rotatable bonds is 7. The molecule has 2 aliphatic rings. The molecule has 0 bridgehead atoms. The summed E-state index contributed by atoms with van der Waals surface area (Å²) in [6.45, 7) is 1.85. The summed E-state index contributed by atoms with van der Waals surface area (Å²) in [6.07, 6.45) is 5.14. The molecule has 19 heavy (non-hydrogen) atoms. The van der Waals surface area contributed by atoms with Crippen LogP contribution in [0.3, 0.4) is 0 Å². The largest absolute Gasteiger partial charge is 0.480 e. The van der Waals surface area contributed by atoms with Crippen molar-refractivity contribution >= 4 is 5.97 Å². The van der Waals surface area contributed by atoms with Crippen LogP contribution in [0.5, 0.6) is 0 Å². The van der Waals surface area contributed by atoms with Crippen molar-refractivity contribution in [2.24, 2.45) is 5.92 Å². The number of hydrogen-bond acceptors (Lipinski definition) is 2. The zero-order valence-corrected chi connectivity index (χ0v) is 11.2. The van der Waals surface area contributed by atoms with Gasteiger partial charge in [-0.2, -0.15) is 0 Å². The number of carboxylic acids is 1. The van der Waals surface area contributed by atoms with E-state index in [4.69, 9.17) is 5.11 Å². The van der Waals surface area contributed by atoms with Gasteiger partial charge in [0.15, 0.2) is 0 Å². The van der Waals surface area contributed by atoms with Crippen molar-refractivity contribution in [2.75, 3.05) is 13.1 Å². The molecule has 0 saturated heterocycles. The number of benzene rings is 1. The Morgan fingerprint density at radius 1 is 1.26 bits per heavy atom. The van der Waals surface area contributed by atoms with Gasteiger partial charge in [0.1, 0.15) is 0 Å². The molecule has 0 aromatic heterocycles. The fraction of sp³-hybridized carbons (Fsp3) is 0.562.